The van der Waals surface area contributed by atoms with E-state index in [0.717, 1.165) is 22.6 Å². The minimum absolute atomic E-state index is 0.790. The molecular formula is C44H32N2Si. The average molecular weight is 617 g/mol. The zero-order valence-electron chi connectivity index (χ0n) is 26.4. The molecule has 0 aliphatic carbocycles. The maximum atomic E-state index is 5.47. The number of benzene rings is 7. The lowest BCUT2D eigenvalue weighted by Crippen LogP contribution is -2.51. The molecule has 1 aliphatic rings. The molecule has 2 nitrogen and oxygen atoms in total. The molecule has 0 spiro atoms. The molecule has 0 radical (unpaired) electrons. The van der Waals surface area contributed by atoms with Gasteiger partial charge in [0.1, 0.15) is 8.07 Å². The second kappa shape index (κ2) is 10.7. The molecule has 0 fully saturated rings. The van der Waals surface area contributed by atoms with Crippen LogP contribution in [0.5, 0.6) is 0 Å². The monoisotopic (exact) mass is 616 g/mol. The topological polar surface area (TPSA) is 25.8 Å². The van der Waals surface area contributed by atoms with Crippen LogP contribution in [0.25, 0.3) is 77.6 Å². The zero-order chi connectivity index (χ0) is 31.5. The molecule has 2 heterocycles. The Labute approximate surface area is 276 Å². The first-order valence-electron chi connectivity index (χ1n) is 16.3. The summed E-state index contributed by atoms with van der Waals surface area (Å²) in [5.41, 5.74) is 10.5. The molecule has 0 unspecified atom stereocenters. The Balaban J connectivity index is 1.33. The minimum atomic E-state index is -2.27. The molecule has 0 saturated carbocycles. The first-order chi connectivity index (χ1) is 23.1. The van der Waals surface area contributed by atoms with Gasteiger partial charge in [0, 0.05) is 22.0 Å². The fourth-order valence-corrected chi connectivity index (χ4v) is 10.9. The van der Waals surface area contributed by atoms with Crippen LogP contribution in [-0.2, 0) is 0 Å². The van der Waals surface area contributed by atoms with E-state index in [0.29, 0.717) is 0 Å². The van der Waals surface area contributed by atoms with E-state index in [1.54, 1.807) is 0 Å². The van der Waals surface area contributed by atoms with Gasteiger partial charge in [-0.25, -0.2) is 9.97 Å². The summed E-state index contributed by atoms with van der Waals surface area (Å²) in [6, 6.07) is 56.6. The van der Waals surface area contributed by atoms with Crippen molar-refractivity contribution >= 4 is 40.1 Å². The Hall–Kier alpha value is -5.64. The van der Waals surface area contributed by atoms with E-state index in [2.05, 4.69) is 171 Å². The van der Waals surface area contributed by atoms with Crippen molar-refractivity contribution in [2.45, 2.75) is 13.1 Å². The molecule has 0 amide bonds. The Bertz CT molecular complexity index is 2480. The van der Waals surface area contributed by atoms with Gasteiger partial charge in [-0.05, 0) is 66.7 Å². The van der Waals surface area contributed by atoms with Crippen molar-refractivity contribution in [2.75, 3.05) is 0 Å². The molecule has 8 aromatic rings. The first kappa shape index (κ1) is 27.6. The van der Waals surface area contributed by atoms with Crippen molar-refractivity contribution in [1.82, 2.24) is 9.97 Å². The van der Waals surface area contributed by atoms with Crippen LogP contribution in [0, 0.1) is 0 Å². The van der Waals surface area contributed by atoms with Crippen LogP contribution in [0.2, 0.25) is 13.1 Å². The summed E-state index contributed by atoms with van der Waals surface area (Å²) in [6.45, 7) is 4.94. The third-order valence-electron chi connectivity index (χ3n) is 9.78. The van der Waals surface area contributed by atoms with Crippen LogP contribution >= 0.6 is 0 Å². The molecule has 1 aromatic heterocycles. The van der Waals surface area contributed by atoms with Gasteiger partial charge in [0.15, 0.2) is 5.82 Å². The van der Waals surface area contributed by atoms with Crippen molar-refractivity contribution in [3.05, 3.63) is 158 Å². The van der Waals surface area contributed by atoms with Crippen molar-refractivity contribution < 1.29 is 0 Å². The van der Waals surface area contributed by atoms with Crippen molar-refractivity contribution in [2.24, 2.45) is 0 Å². The molecule has 222 valence electrons. The van der Waals surface area contributed by atoms with Gasteiger partial charge < -0.3 is 0 Å². The fourth-order valence-electron chi connectivity index (χ4n) is 7.60. The molecule has 0 atom stereocenters. The highest BCUT2D eigenvalue weighted by atomic mass is 28.3. The molecule has 0 bridgehead atoms. The smallest absolute Gasteiger partial charge is 0.159 e. The molecule has 7 aromatic carbocycles. The molecule has 47 heavy (non-hydrogen) atoms. The van der Waals surface area contributed by atoms with E-state index in [1.165, 1.54) is 65.4 Å². The Kier molecular flexibility index (Phi) is 6.31. The third kappa shape index (κ3) is 4.39. The lowest BCUT2D eigenvalue weighted by atomic mass is 9.91. The van der Waals surface area contributed by atoms with Gasteiger partial charge in [0.25, 0.3) is 0 Å². The summed E-state index contributed by atoms with van der Waals surface area (Å²) in [7, 11) is -2.27. The van der Waals surface area contributed by atoms with Crippen LogP contribution in [-0.4, -0.2) is 18.0 Å². The number of nitrogens with zero attached hydrogens (tertiary/aromatic N) is 2. The number of aromatic nitrogens is 2. The SMILES string of the molecule is C[Si]1(C)c2nc(-c3ccccc3)nc(-c3cccc(-c4cccc(-c5ccccc5)c4)c3)c2-c2c1c1ccccc1c1ccccc21. The Morgan fingerprint density at radius 3 is 1.51 bits per heavy atom. The fraction of sp³-hybridized carbons (Fsp3) is 0.0455. The van der Waals surface area contributed by atoms with E-state index in [4.69, 9.17) is 9.97 Å². The zero-order valence-corrected chi connectivity index (χ0v) is 27.4. The summed E-state index contributed by atoms with van der Waals surface area (Å²) in [5.74, 6) is 0.790. The van der Waals surface area contributed by atoms with Crippen LogP contribution in [0.4, 0.5) is 0 Å². The number of hydrogen-bond acceptors (Lipinski definition) is 2. The predicted molar refractivity (Wildman–Crippen MR) is 201 cm³/mol. The first-order valence-corrected chi connectivity index (χ1v) is 19.3. The maximum absolute atomic E-state index is 5.47. The van der Waals surface area contributed by atoms with E-state index < -0.39 is 8.07 Å². The summed E-state index contributed by atoms with van der Waals surface area (Å²) < 4.78 is 0. The second-order valence-electron chi connectivity index (χ2n) is 13.0. The largest absolute Gasteiger partial charge is 0.237 e. The normalized spacial score (nSPS) is 13.1. The van der Waals surface area contributed by atoms with E-state index in [9.17, 15) is 0 Å². The third-order valence-corrected chi connectivity index (χ3v) is 13.1. The van der Waals surface area contributed by atoms with Crippen molar-refractivity contribution in [3.8, 4) is 56.0 Å². The molecule has 3 heteroatoms. The van der Waals surface area contributed by atoms with Gasteiger partial charge in [0.05, 0.1) is 5.69 Å². The van der Waals surface area contributed by atoms with Gasteiger partial charge in [-0.1, -0.05) is 159 Å². The van der Waals surface area contributed by atoms with Gasteiger partial charge in [-0.3, -0.25) is 0 Å². The molecule has 1 aliphatic heterocycles. The van der Waals surface area contributed by atoms with E-state index in [1.807, 2.05) is 0 Å². The molecule has 0 saturated heterocycles. The van der Waals surface area contributed by atoms with Crippen LogP contribution in [0.1, 0.15) is 0 Å². The summed E-state index contributed by atoms with van der Waals surface area (Å²) in [6.07, 6.45) is 0. The lowest BCUT2D eigenvalue weighted by Gasteiger charge is -2.21. The maximum Gasteiger partial charge on any atom is 0.159 e. The summed E-state index contributed by atoms with van der Waals surface area (Å²) in [4.78, 5) is 10.9. The highest BCUT2D eigenvalue weighted by molar-refractivity contribution is 7.05. The van der Waals surface area contributed by atoms with Crippen LogP contribution in [0.15, 0.2) is 158 Å². The highest BCUT2D eigenvalue weighted by Gasteiger charge is 2.44. The highest BCUT2D eigenvalue weighted by Crippen LogP contribution is 2.43. The van der Waals surface area contributed by atoms with Gasteiger partial charge >= 0.3 is 0 Å². The summed E-state index contributed by atoms with van der Waals surface area (Å²) >= 11 is 0. The standard InChI is InChI=1S/C44H32N2Si/c1-47(2)42-38-26-12-10-24-36(38)35-23-9-11-25-37(35)39(42)40-41(45-43(46-44(40)47)30-17-7-4-8-18-30)34-22-14-21-33(28-34)32-20-13-19-31(27-32)29-15-5-3-6-16-29/h3-28H,1-2H3. The summed E-state index contributed by atoms with van der Waals surface area (Å²) in [5, 5.41) is 7.90. The van der Waals surface area contributed by atoms with Crippen molar-refractivity contribution in [3.63, 3.8) is 0 Å². The van der Waals surface area contributed by atoms with Crippen LogP contribution < -0.4 is 10.5 Å². The Morgan fingerprint density at radius 1 is 0.383 bits per heavy atom. The van der Waals surface area contributed by atoms with Gasteiger partial charge in [-0.2, -0.15) is 0 Å². The predicted octanol–water partition coefficient (Wildman–Crippen LogP) is 10.3. The van der Waals surface area contributed by atoms with E-state index >= 15 is 0 Å². The number of hydrogen-bond donors (Lipinski definition) is 0. The molecule has 0 N–H and O–H groups in total. The van der Waals surface area contributed by atoms with Gasteiger partial charge in [-0.15, -0.1) is 0 Å². The van der Waals surface area contributed by atoms with E-state index in [-0.39, 0.29) is 0 Å². The van der Waals surface area contributed by atoms with Gasteiger partial charge in [0.2, 0.25) is 0 Å². The average Bonchev–Trinajstić information content (AvgIpc) is 3.39. The second-order valence-corrected chi connectivity index (χ2v) is 17.2. The number of fused-ring (bicyclic) bond motifs is 8. The molecule has 9 rings (SSSR count). The van der Waals surface area contributed by atoms with Crippen molar-refractivity contribution in [1.29, 1.82) is 0 Å². The van der Waals surface area contributed by atoms with Crippen LogP contribution in [0.3, 0.4) is 0 Å². The lowest BCUT2D eigenvalue weighted by molar-refractivity contribution is 1.21. The number of rotatable bonds is 4. The Morgan fingerprint density at radius 2 is 0.851 bits per heavy atom. The minimum Gasteiger partial charge on any atom is -0.237 e. The molecular weight excluding hydrogens is 585 g/mol. The quantitative estimate of drug-likeness (QED) is 0.145.